The minimum atomic E-state index is -0.811. The van der Waals surface area contributed by atoms with E-state index in [1.165, 1.54) is 0 Å². The van der Waals surface area contributed by atoms with Crippen LogP contribution in [0.25, 0.3) is 0 Å². The minimum absolute atomic E-state index is 0.194. The third-order valence-electron chi connectivity index (χ3n) is 2.45. The van der Waals surface area contributed by atoms with Crippen LogP contribution in [0.4, 0.5) is 0 Å². The molecule has 0 aromatic carbocycles. The van der Waals surface area contributed by atoms with E-state index in [1.54, 1.807) is 0 Å². The van der Waals surface area contributed by atoms with Crippen molar-refractivity contribution in [3.63, 3.8) is 0 Å². The van der Waals surface area contributed by atoms with Crippen molar-refractivity contribution >= 4 is 0 Å². The molecule has 5 atom stereocenters. The van der Waals surface area contributed by atoms with Gasteiger partial charge in [0.05, 0.1) is 6.10 Å². The molecule has 2 N–H and O–H groups in total. The molecule has 3 unspecified atom stereocenters. The molecule has 2 heterocycles. The quantitative estimate of drug-likeness (QED) is 0.525. The van der Waals surface area contributed by atoms with Gasteiger partial charge in [0.15, 0.2) is 6.29 Å². The molecule has 2 fully saturated rings. The Morgan fingerprint density at radius 2 is 1.75 bits per heavy atom. The molecule has 0 radical (unpaired) electrons. The highest BCUT2D eigenvalue weighted by Gasteiger charge is 2.56. The van der Waals surface area contributed by atoms with Gasteiger partial charge in [0.1, 0.15) is 18.3 Å². The van der Waals surface area contributed by atoms with Crippen LogP contribution in [0.2, 0.25) is 0 Å². The fraction of sp³-hybridized carbons (Fsp3) is 1.00. The Bertz CT molecular complexity index is 182. The number of hydrogen-bond acceptors (Lipinski definition) is 4. The number of epoxide rings is 1. The Morgan fingerprint density at radius 3 is 2.33 bits per heavy atom. The van der Waals surface area contributed by atoms with E-state index in [0.717, 1.165) is 0 Å². The van der Waals surface area contributed by atoms with Crippen LogP contribution in [0.1, 0.15) is 13.8 Å². The first kappa shape index (κ1) is 8.44. The number of hydrogen-bond donors (Lipinski definition) is 2. The molecule has 12 heavy (non-hydrogen) atoms. The smallest absolute Gasteiger partial charge is 0.187 e. The number of ether oxygens (including phenoxy) is 2. The molecule has 4 nitrogen and oxygen atoms in total. The first-order chi connectivity index (χ1) is 5.61. The predicted octanol–water partition coefficient (Wildman–Crippen LogP) is -0.512. The average Bonchev–Trinajstić information content (AvgIpc) is 2.75. The van der Waals surface area contributed by atoms with Gasteiger partial charge in [0.2, 0.25) is 0 Å². The second kappa shape index (κ2) is 2.67. The standard InChI is InChI=1S/C8H14O4/c1-3(2)6-4(9)5(10)7-8(11-6)12-7/h3-10H,1-2H3/t4?,5?,6-,7+,8?/m0/s1. The molecule has 70 valence electrons. The van der Waals surface area contributed by atoms with E-state index in [9.17, 15) is 10.2 Å². The zero-order chi connectivity index (χ0) is 8.88. The number of aliphatic hydroxyl groups is 2. The van der Waals surface area contributed by atoms with E-state index in [1.807, 2.05) is 13.8 Å². The van der Waals surface area contributed by atoms with E-state index in [-0.39, 0.29) is 24.4 Å². The molecular weight excluding hydrogens is 160 g/mol. The number of rotatable bonds is 1. The molecule has 0 saturated carbocycles. The van der Waals surface area contributed by atoms with Crippen molar-refractivity contribution in [2.45, 2.75) is 44.6 Å². The van der Waals surface area contributed by atoms with E-state index in [2.05, 4.69) is 0 Å². The normalized spacial score (nSPS) is 52.2. The lowest BCUT2D eigenvalue weighted by molar-refractivity contribution is -0.146. The highest BCUT2D eigenvalue weighted by atomic mass is 16.8. The zero-order valence-electron chi connectivity index (χ0n) is 7.18. The van der Waals surface area contributed by atoms with Crippen LogP contribution in [0.3, 0.4) is 0 Å². The van der Waals surface area contributed by atoms with Gasteiger partial charge in [-0.1, -0.05) is 13.8 Å². The van der Waals surface area contributed by atoms with Gasteiger partial charge in [0.25, 0.3) is 0 Å². The lowest BCUT2D eigenvalue weighted by Gasteiger charge is -2.31. The summed E-state index contributed by atoms with van der Waals surface area (Å²) >= 11 is 0. The number of fused-ring (bicyclic) bond motifs is 1. The van der Waals surface area contributed by atoms with E-state index in [0.29, 0.717) is 0 Å². The Morgan fingerprint density at radius 1 is 1.08 bits per heavy atom. The molecule has 0 aromatic heterocycles. The van der Waals surface area contributed by atoms with Crippen LogP contribution in [-0.2, 0) is 9.47 Å². The van der Waals surface area contributed by atoms with Crippen LogP contribution in [0.15, 0.2) is 0 Å². The fourth-order valence-corrected chi connectivity index (χ4v) is 1.64. The topological polar surface area (TPSA) is 62.2 Å². The first-order valence-electron chi connectivity index (χ1n) is 4.28. The third kappa shape index (κ3) is 1.15. The lowest BCUT2D eigenvalue weighted by Crippen LogP contribution is -2.49. The summed E-state index contributed by atoms with van der Waals surface area (Å²) in [6.45, 7) is 3.90. The Hall–Kier alpha value is -0.160. The van der Waals surface area contributed by atoms with E-state index >= 15 is 0 Å². The van der Waals surface area contributed by atoms with Crippen molar-refractivity contribution in [3.05, 3.63) is 0 Å². The van der Waals surface area contributed by atoms with Gasteiger partial charge in [-0.15, -0.1) is 0 Å². The second-order valence-corrected chi connectivity index (χ2v) is 3.79. The van der Waals surface area contributed by atoms with Gasteiger partial charge in [-0.05, 0) is 5.92 Å². The summed E-state index contributed by atoms with van der Waals surface area (Å²) in [5.74, 6) is 0.194. The van der Waals surface area contributed by atoms with Crippen LogP contribution < -0.4 is 0 Å². The van der Waals surface area contributed by atoms with Crippen molar-refractivity contribution in [2.24, 2.45) is 5.92 Å². The van der Waals surface area contributed by atoms with Crippen molar-refractivity contribution in [1.29, 1.82) is 0 Å². The van der Waals surface area contributed by atoms with E-state index in [4.69, 9.17) is 9.47 Å². The highest BCUT2D eigenvalue weighted by Crippen LogP contribution is 2.37. The molecule has 0 aliphatic carbocycles. The van der Waals surface area contributed by atoms with Crippen LogP contribution >= 0.6 is 0 Å². The predicted molar refractivity (Wildman–Crippen MR) is 40.4 cm³/mol. The van der Waals surface area contributed by atoms with Crippen molar-refractivity contribution in [3.8, 4) is 0 Å². The molecule has 0 spiro atoms. The maximum absolute atomic E-state index is 9.55. The summed E-state index contributed by atoms with van der Waals surface area (Å²) in [6.07, 6.45) is -2.47. The maximum atomic E-state index is 9.55. The summed E-state index contributed by atoms with van der Waals surface area (Å²) in [5.41, 5.74) is 0. The SMILES string of the molecule is CC(C)[C@@H]1OC2O[C@@H]2C(O)C1O. The monoisotopic (exact) mass is 174 g/mol. The molecule has 2 saturated heterocycles. The van der Waals surface area contributed by atoms with Gasteiger partial charge in [-0.3, -0.25) is 0 Å². The summed E-state index contributed by atoms with van der Waals surface area (Å²) < 4.78 is 10.4. The molecular formula is C8H14O4. The largest absolute Gasteiger partial charge is 0.388 e. The molecule has 4 heteroatoms. The fourth-order valence-electron chi connectivity index (χ4n) is 1.64. The summed E-state index contributed by atoms with van der Waals surface area (Å²) in [7, 11) is 0. The van der Waals surface area contributed by atoms with Gasteiger partial charge in [-0.25, -0.2) is 0 Å². The van der Waals surface area contributed by atoms with Crippen LogP contribution in [0, 0.1) is 5.92 Å². The van der Waals surface area contributed by atoms with Gasteiger partial charge in [-0.2, -0.15) is 0 Å². The summed E-state index contributed by atoms with van der Waals surface area (Å²) in [5, 5.41) is 19.0. The van der Waals surface area contributed by atoms with Crippen molar-refractivity contribution in [2.75, 3.05) is 0 Å². The number of aliphatic hydroxyl groups excluding tert-OH is 2. The molecule has 2 aliphatic heterocycles. The Labute approximate surface area is 71.1 Å². The van der Waals surface area contributed by atoms with Crippen LogP contribution in [0.5, 0.6) is 0 Å². The Balaban J connectivity index is 2.05. The molecule has 0 aromatic rings. The summed E-state index contributed by atoms with van der Waals surface area (Å²) in [6, 6.07) is 0. The van der Waals surface area contributed by atoms with Crippen LogP contribution in [-0.4, -0.2) is 40.9 Å². The molecule has 0 bridgehead atoms. The van der Waals surface area contributed by atoms with Gasteiger partial charge in [0, 0.05) is 0 Å². The third-order valence-corrected chi connectivity index (χ3v) is 2.45. The van der Waals surface area contributed by atoms with Crippen molar-refractivity contribution < 1.29 is 19.7 Å². The molecule has 0 amide bonds. The summed E-state index contributed by atoms with van der Waals surface area (Å²) in [4.78, 5) is 0. The zero-order valence-corrected chi connectivity index (χ0v) is 7.18. The van der Waals surface area contributed by atoms with Gasteiger partial charge >= 0.3 is 0 Å². The second-order valence-electron chi connectivity index (χ2n) is 3.79. The van der Waals surface area contributed by atoms with Gasteiger partial charge < -0.3 is 19.7 Å². The maximum Gasteiger partial charge on any atom is 0.187 e. The average molecular weight is 174 g/mol. The lowest BCUT2D eigenvalue weighted by atomic mass is 9.94. The Kier molecular flexibility index (Phi) is 1.88. The molecule has 2 rings (SSSR count). The highest BCUT2D eigenvalue weighted by molar-refractivity contribution is 4.97. The van der Waals surface area contributed by atoms with E-state index < -0.39 is 12.2 Å². The first-order valence-corrected chi connectivity index (χ1v) is 4.28. The minimum Gasteiger partial charge on any atom is -0.388 e. The van der Waals surface area contributed by atoms with Crippen molar-refractivity contribution in [1.82, 2.24) is 0 Å². The molecule has 2 aliphatic rings.